The molecule has 0 bridgehead atoms. The van der Waals surface area contributed by atoms with Crippen LogP contribution in [0.1, 0.15) is 12.8 Å². The van der Waals surface area contributed by atoms with Crippen molar-refractivity contribution in [1.29, 1.82) is 0 Å². The van der Waals surface area contributed by atoms with Gasteiger partial charge in [0, 0.05) is 28.3 Å². The highest BCUT2D eigenvalue weighted by Crippen LogP contribution is 2.28. The molecule has 0 aromatic heterocycles. The maximum atomic E-state index is 11.5. The molecule has 1 atom stereocenters. The minimum Gasteiger partial charge on any atom is -0.380 e. The van der Waals surface area contributed by atoms with E-state index in [1.165, 1.54) is 12.1 Å². The summed E-state index contributed by atoms with van der Waals surface area (Å²) in [5.74, 6) is 0.350. The van der Waals surface area contributed by atoms with Crippen molar-refractivity contribution in [2.24, 2.45) is 0 Å². The summed E-state index contributed by atoms with van der Waals surface area (Å²) < 4.78 is 23.6. The third kappa shape index (κ3) is 3.66. The Balaban J connectivity index is 2.13. The smallest absolute Gasteiger partial charge is 0.270 e. The predicted molar refractivity (Wildman–Crippen MR) is 76.1 cm³/mol. The Morgan fingerprint density at radius 2 is 2.16 bits per heavy atom. The van der Waals surface area contributed by atoms with Gasteiger partial charge >= 0.3 is 0 Å². The standard InChI is InChI=1S/C11H13BrN2O4S/c12-10-6-9(14(15)16)3-4-11(10)13-8-2-1-5-19(17,18)7-8/h3-4,6,8,13H,1-2,5,7H2. The van der Waals surface area contributed by atoms with Crippen molar-refractivity contribution in [2.45, 2.75) is 18.9 Å². The number of halogens is 1. The van der Waals surface area contributed by atoms with Crippen molar-refractivity contribution >= 4 is 37.1 Å². The number of hydrogen-bond donors (Lipinski definition) is 1. The third-order valence-corrected chi connectivity index (χ3v) is 5.46. The molecular weight excluding hydrogens is 336 g/mol. The van der Waals surface area contributed by atoms with Crippen LogP contribution in [0.2, 0.25) is 0 Å². The highest BCUT2D eigenvalue weighted by atomic mass is 79.9. The molecule has 8 heteroatoms. The van der Waals surface area contributed by atoms with Gasteiger partial charge in [-0.1, -0.05) is 0 Å². The van der Waals surface area contributed by atoms with E-state index in [0.29, 0.717) is 16.6 Å². The van der Waals surface area contributed by atoms with E-state index in [2.05, 4.69) is 21.2 Å². The molecule has 0 spiro atoms. The molecule has 19 heavy (non-hydrogen) atoms. The van der Waals surface area contributed by atoms with E-state index in [1.54, 1.807) is 6.07 Å². The minimum absolute atomic E-state index is 0.00584. The molecule has 0 aliphatic carbocycles. The maximum absolute atomic E-state index is 11.5. The summed E-state index contributed by atoms with van der Waals surface area (Å²) in [5.41, 5.74) is 0.668. The fraction of sp³-hybridized carbons (Fsp3) is 0.455. The summed E-state index contributed by atoms with van der Waals surface area (Å²) >= 11 is 3.25. The SMILES string of the molecule is O=[N+]([O-])c1ccc(NC2CCCS(=O)(=O)C2)c(Br)c1. The van der Waals surface area contributed by atoms with Crippen LogP contribution < -0.4 is 5.32 Å². The van der Waals surface area contributed by atoms with Gasteiger partial charge in [-0.25, -0.2) is 8.42 Å². The fourth-order valence-electron chi connectivity index (χ4n) is 2.09. The van der Waals surface area contributed by atoms with Crippen LogP contribution in [0.4, 0.5) is 11.4 Å². The maximum Gasteiger partial charge on any atom is 0.270 e. The molecular formula is C11H13BrN2O4S. The van der Waals surface area contributed by atoms with E-state index < -0.39 is 14.8 Å². The van der Waals surface area contributed by atoms with Crippen molar-refractivity contribution < 1.29 is 13.3 Å². The molecule has 1 heterocycles. The van der Waals surface area contributed by atoms with E-state index in [9.17, 15) is 18.5 Å². The highest BCUT2D eigenvalue weighted by Gasteiger charge is 2.25. The molecule has 1 aromatic carbocycles. The molecule has 1 fully saturated rings. The Morgan fingerprint density at radius 3 is 2.74 bits per heavy atom. The van der Waals surface area contributed by atoms with Crippen LogP contribution in [0.25, 0.3) is 0 Å². The number of benzene rings is 1. The molecule has 6 nitrogen and oxygen atoms in total. The van der Waals surface area contributed by atoms with Gasteiger partial charge in [-0.2, -0.15) is 0 Å². The van der Waals surface area contributed by atoms with Crippen molar-refractivity contribution in [2.75, 3.05) is 16.8 Å². The summed E-state index contributed by atoms with van der Waals surface area (Å²) in [6, 6.07) is 4.24. The lowest BCUT2D eigenvalue weighted by molar-refractivity contribution is -0.384. The number of hydrogen-bond acceptors (Lipinski definition) is 5. The van der Waals surface area contributed by atoms with E-state index in [-0.39, 0.29) is 23.2 Å². The number of nitro groups is 1. The zero-order valence-electron chi connectivity index (χ0n) is 10.0. The molecule has 2 rings (SSSR count). The lowest BCUT2D eigenvalue weighted by Crippen LogP contribution is -2.34. The molecule has 104 valence electrons. The molecule has 1 unspecified atom stereocenters. The first-order chi connectivity index (χ1) is 8.87. The van der Waals surface area contributed by atoms with Gasteiger partial charge in [0.25, 0.3) is 5.69 Å². The largest absolute Gasteiger partial charge is 0.380 e. The molecule has 1 N–H and O–H groups in total. The lowest BCUT2D eigenvalue weighted by Gasteiger charge is -2.24. The number of nitro benzene ring substituents is 1. The Bertz CT molecular complexity index is 603. The second kappa shape index (κ2) is 5.46. The fourth-order valence-corrected chi connectivity index (χ4v) is 4.21. The van der Waals surface area contributed by atoms with E-state index >= 15 is 0 Å². The second-order valence-corrected chi connectivity index (χ2v) is 7.60. The van der Waals surface area contributed by atoms with Crippen LogP contribution in [0.3, 0.4) is 0 Å². The normalized spacial score (nSPS) is 21.8. The van der Waals surface area contributed by atoms with Crippen molar-refractivity contribution in [3.05, 3.63) is 32.8 Å². The zero-order chi connectivity index (χ0) is 14.0. The molecule has 1 aliphatic rings. The summed E-state index contributed by atoms with van der Waals surface area (Å²) in [7, 11) is -2.97. The van der Waals surface area contributed by atoms with Gasteiger partial charge in [0.15, 0.2) is 9.84 Å². The van der Waals surface area contributed by atoms with Crippen LogP contribution in [0.5, 0.6) is 0 Å². The van der Waals surface area contributed by atoms with Crippen LogP contribution >= 0.6 is 15.9 Å². The molecule has 1 aromatic rings. The summed E-state index contributed by atoms with van der Waals surface area (Å²) in [6.45, 7) is 0. The number of anilines is 1. The number of nitrogens with one attached hydrogen (secondary N) is 1. The van der Waals surface area contributed by atoms with Crippen LogP contribution in [0, 0.1) is 10.1 Å². The number of rotatable bonds is 3. The summed E-state index contributed by atoms with van der Waals surface area (Å²) in [6.07, 6.45) is 1.42. The average Bonchev–Trinajstić information content (AvgIpc) is 2.30. The average molecular weight is 349 g/mol. The molecule has 0 radical (unpaired) electrons. The van der Waals surface area contributed by atoms with Gasteiger partial charge in [0.05, 0.1) is 16.4 Å². The molecule has 0 saturated carbocycles. The van der Waals surface area contributed by atoms with E-state index in [4.69, 9.17) is 0 Å². The summed E-state index contributed by atoms with van der Waals surface area (Å²) in [4.78, 5) is 10.2. The van der Waals surface area contributed by atoms with Crippen LogP contribution in [-0.2, 0) is 9.84 Å². The first-order valence-corrected chi connectivity index (χ1v) is 8.40. The van der Waals surface area contributed by atoms with Gasteiger partial charge < -0.3 is 5.32 Å². The Morgan fingerprint density at radius 1 is 1.42 bits per heavy atom. The summed E-state index contributed by atoms with van der Waals surface area (Å²) in [5, 5.41) is 13.7. The third-order valence-electron chi connectivity index (χ3n) is 2.99. The van der Waals surface area contributed by atoms with Gasteiger partial charge in [0.2, 0.25) is 0 Å². The zero-order valence-corrected chi connectivity index (χ0v) is 12.4. The Kier molecular flexibility index (Phi) is 4.10. The first-order valence-electron chi connectivity index (χ1n) is 5.78. The predicted octanol–water partition coefficient (Wildman–Crippen LogP) is 2.35. The van der Waals surface area contributed by atoms with Crippen molar-refractivity contribution in [3.63, 3.8) is 0 Å². The van der Waals surface area contributed by atoms with Gasteiger partial charge in [0.1, 0.15) is 0 Å². The number of nitrogens with zero attached hydrogens (tertiary/aromatic N) is 1. The minimum atomic E-state index is -2.97. The first kappa shape index (κ1) is 14.3. The second-order valence-electron chi connectivity index (χ2n) is 4.52. The lowest BCUT2D eigenvalue weighted by atomic mass is 10.1. The van der Waals surface area contributed by atoms with E-state index in [1.807, 2.05) is 0 Å². The highest BCUT2D eigenvalue weighted by molar-refractivity contribution is 9.10. The van der Waals surface area contributed by atoms with Gasteiger partial charge in [-0.3, -0.25) is 10.1 Å². The monoisotopic (exact) mass is 348 g/mol. The van der Waals surface area contributed by atoms with E-state index in [0.717, 1.165) is 6.42 Å². The van der Waals surface area contributed by atoms with Gasteiger partial charge in [-0.15, -0.1) is 0 Å². The molecule has 0 amide bonds. The Hall–Kier alpha value is -1.15. The quantitative estimate of drug-likeness (QED) is 0.668. The van der Waals surface area contributed by atoms with Crippen molar-refractivity contribution in [1.82, 2.24) is 0 Å². The molecule has 1 aliphatic heterocycles. The topological polar surface area (TPSA) is 89.3 Å². The van der Waals surface area contributed by atoms with Crippen molar-refractivity contribution in [3.8, 4) is 0 Å². The van der Waals surface area contributed by atoms with Crippen LogP contribution in [0.15, 0.2) is 22.7 Å². The van der Waals surface area contributed by atoms with Gasteiger partial charge in [-0.05, 0) is 34.8 Å². The van der Waals surface area contributed by atoms with Crippen LogP contribution in [-0.4, -0.2) is 30.9 Å². The number of non-ortho nitro benzene ring substituents is 1. The Labute approximate surface area is 119 Å². The number of sulfone groups is 1. The molecule has 1 saturated heterocycles.